The zero-order chi connectivity index (χ0) is 22.9. The molecule has 0 saturated carbocycles. The Hall–Kier alpha value is -3.64. The van der Waals surface area contributed by atoms with Gasteiger partial charge >= 0.3 is 0 Å². The van der Waals surface area contributed by atoms with Crippen LogP contribution in [0, 0.1) is 0 Å². The van der Waals surface area contributed by atoms with E-state index in [9.17, 15) is 0 Å². The Morgan fingerprint density at radius 3 is 1.43 bits per heavy atom. The fourth-order valence-electron chi connectivity index (χ4n) is 5.11. The number of hydrogen-bond donors (Lipinski definition) is 0. The first-order valence-electron chi connectivity index (χ1n) is 11.5. The fourth-order valence-corrected chi connectivity index (χ4v) is 10.3. The Morgan fingerprint density at radius 1 is 0.371 bits per heavy atom. The lowest BCUT2D eigenvalue weighted by Gasteiger charge is -2.35. The van der Waals surface area contributed by atoms with E-state index in [1.54, 1.807) is 0 Å². The zero-order valence-electron chi connectivity index (χ0n) is 18.5. The van der Waals surface area contributed by atoms with Crippen LogP contribution in [0.25, 0.3) is 0 Å². The lowest BCUT2D eigenvalue weighted by molar-refractivity contribution is 0.466. The van der Waals surface area contributed by atoms with Crippen molar-refractivity contribution in [3.8, 4) is 34.5 Å². The number of ether oxygens (including phenoxy) is 3. The van der Waals surface area contributed by atoms with E-state index in [-0.39, 0.29) is 0 Å². The highest BCUT2D eigenvalue weighted by atomic mass is 31.1. The summed E-state index contributed by atoms with van der Waals surface area (Å²) in [5, 5.41) is 7.46. The third-order valence-electron chi connectivity index (χ3n) is 6.61. The maximum absolute atomic E-state index is 6.44. The Kier molecular flexibility index (Phi) is 4.17. The zero-order valence-corrected chi connectivity index (χ0v) is 20.3. The maximum atomic E-state index is 6.44. The van der Waals surface area contributed by atoms with Gasteiger partial charge in [-0.2, -0.15) is 0 Å². The van der Waals surface area contributed by atoms with Crippen molar-refractivity contribution >= 4 is 47.7 Å². The van der Waals surface area contributed by atoms with Crippen molar-refractivity contribution in [2.45, 2.75) is 0 Å². The molecule has 1 unspecified atom stereocenters. The van der Waals surface area contributed by atoms with Crippen molar-refractivity contribution < 1.29 is 14.2 Å². The molecule has 1 atom stereocenters. The molecule has 5 heteroatoms. The molecule has 0 spiro atoms. The van der Waals surface area contributed by atoms with Gasteiger partial charge < -0.3 is 14.2 Å². The number of hydrogen-bond acceptors (Lipinski definition) is 3. The van der Waals surface area contributed by atoms with Gasteiger partial charge in [0.15, 0.2) is 0 Å². The molecule has 3 heterocycles. The second-order valence-corrected chi connectivity index (χ2v) is 12.9. The van der Waals surface area contributed by atoms with E-state index in [1.165, 1.54) is 31.8 Å². The van der Waals surface area contributed by atoms with Crippen molar-refractivity contribution in [1.82, 2.24) is 0 Å². The molecule has 0 aromatic heterocycles. The van der Waals surface area contributed by atoms with Crippen LogP contribution in [0.3, 0.4) is 0 Å². The molecular formula is C30H18O3P2. The molecular weight excluding hydrogens is 470 g/mol. The van der Waals surface area contributed by atoms with E-state index in [4.69, 9.17) is 14.2 Å². The van der Waals surface area contributed by atoms with Gasteiger partial charge in [-0.05, 0) is 55.7 Å². The third-order valence-corrected chi connectivity index (χ3v) is 11.7. The first-order valence-corrected chi connectivity index (χ1v) is 14.2. The van der Waals surface area contributed by atoms with Crippen LogP contribution in [0.4, 0.5) is 0 Å². The molecule has 35 heavy (non-hydrogen) atoms. The lowest BCUT2D eigenvalue weighted by atomic mass is 10.2. The molecule has 3 nitrogen and oxygen atoms in total. The minimum absolute atomic E-state index is 0.763. The second-order valence-electron chi connectivity index (χ2n) is 8.64. The Balaban J connectivity index is 1.36. The van der Waals surface area contributed by atoms with Crippen LogP contribution in [0.15, 0.2) is 109 Å². The summed E-state index contributed by atoms with van der Waals surface area (Å²) in [6, 6.07) is 38.2. The molecule has 0 saturated heterocycles. The fraction of sp³-hybridized carbons (Fsp3) is 0. The molecule has 0 N–H and O–H groups in total. The summed E-state index contributed by atoms with van der Waals surface area (Å²) in [6.07, 6.45) is 0. The minimum Gasteiger partial charge on any atom is -0.456 e. The summed E-state index contributed by atoms with van der Waals surface area (Å²) < 4.78 is 19.0. The summed E-state index contributed by atoms with van der Waals surface area (Å²) >= 11 is 0. The molecule has 0 aliphatic carbocycles. The van der Waals surface area contributed by atoms with Crippen molar-refractivity contribution in [3.63, 3.8) is 0 Å². The molecule has 3 aliphatic heterocycles. The quantitative estimate of drug-likeness (QED) is 0.285. The van der Waals surface area contributed by atoms with Gasteiger partial charge in [0.1, 0.15) is 34.5 Å². The number of fused-ring (bicyclic) bond motifs is 6. The second kappa shape index (κ2) is 7.43. The molecule has 0 bridgehead atoms. The van der Waals surface area contributed by atoms with Gasteiger partial charge in [0.2, 0.25) is 0 Å². The number of benzene rings is 5. The summed E-state index contributed by atoms with van der Waals surface area (Å²) in [7, 11) is -1.56. The van der Waals surface area contributed by atoms with Gasteiger partial charge in [0.25, 0.3) is 0 Å². The average molecular weight is 488 g/mol. The van der Waals surface area contributed by atoms with Crippen molar-refractivity contribution in [2.75, 3.05) is 0 Å². The highest BCUT2D eigenvalue weighted by molar-refractivity contribution is 7.82. The Labute approximate surface area is 205 Å². The van der Waals surface area contributed by atoms with Gasteiger partial charge in [-0.15, -0.1) is 0 Å². The summed E-state index contributed by atoms with van der Waals surface area (Å²) in [4.78, 5) is 0. The minimum atomic E-state index is -0.794. The highest BCUT2D eigenvalue weighted by Crippen LogP contribution is 2.53. The molecule has 0 fully saturated rings. The standard InChI is InChI=1S/C30H18O3P2/c1-4-13-26-20(8-1)31-21-9-2-5-14-27(21)34(26)19-16-17-23-29(18-19)35-28-15-6-3-10-22(28)32-24-11-7-12-25(33-23)30(24)35/h1-18H. The van der Waals surface area contributed by atoms with E-state index in [0.29, 0.717) is 0 Å². The molecule has 3 aliphatic rings. The number of rotatable bonds is 1. The smallest absolute Gasteiger partial charge is 0.139 e. The van der Waals surface area contributed by atoms with Gasteiger partial charge in [0, 0.05) is 29.1 Å². The maximum Gasteiger partial charge on any atom is 0.139 e. The normalized spacial score (nSPS) is 16.3. The van der Waals surface area contributed by atoms with E-state index in [0.717, 1.165) is 34.5 Å². The first kappa shape index (κ1) is 19.6. The molecule has 166 valence electrons. The monoisotopic (exact) mass is 488 g/mol. The van der Waals surface area contributed by atoms with E-state index in [1.807, 2.05) is 24.3 Å². The SMILES string of the molecule is c1ccc2c(c1)Oc1ccccc1P2c1ccc2c(c1)P1c3ccccc3Oc3cccc(c31)O2. The molecule has 0 amide bonds. The van der Waals surface area contributed by atoms with Crippen LogP contribution in [0.5, 0.6) is 34.5 Å². The molecule has 0 radical (unpaired) electrons. The molecule has 8 rings (SSSR count). The van der Waals surface area contributed by atoms with Crippen molar-refractivity contribution in [3.05, 3.63) is 109 Å². The predicted molar refractivity (Wildman–Crippen MR) is 144 cm³/mol. The highest BCUT2D eigenvalue weighted by Gasteiger charge is 2.38. The van der Waals surface area contributed by atoms with Gasteiger partial charge in [-0.1, -0.05) is 66.7 Å². The van der Waals surface area contributed by atoms with Crippen LogP contribution in [0.2, 0.25) is 0 Å². The summed E-state index contributed by atoms with van der Waals surface area (Å²) in [6.45, 7) is 0. The van der Waals surface area contributed by atoms with Crippen LogP contribution in [0.1, 0.15) is 0 Å². The Morgan fingerprint density at radius 2 is 0.829 bits per heavy atom. The van der Waals surface area contributed by atoms with Crippen molar-refractivity contribution in [1.29, 1.82) is 0 Å². The van der Waals surface area contributed by atoms with Gasteiger partial charge in [-0.3, -0.25) is 0 Å². The third kappa shape index (κ3) is 2.86. The van der Waals surface area contributed by atoms with Crippen LogP contribution in [-0.4, -0.2) is 0 Å². The van der Waals surface area contributed by atoms with Crippen LogP contribution >= 0.6 is 15.8 Å². The lowest BCUT2D eigenvalue weighted by Crippen LogP contribution is -2.34. The van der Waals surface area contributed by atoms with Gasteiger partial charge in [-0.25, -0.2) is 0 Å². The van der Waals surface area contributed by atoms with E-state index < -0.39 is 15.8 Å². The van der Waals surface area contributed by atoms with Crippen LogP contribution in [-0.2, 0) is 0 Å². The predicted octanol–water partition coefficient (Wildman–Crippen LogP) is 5.52. The summed E-state index contributed by atoms with van der Waals surface area (Å²) in [5.74, 6) is 5.56. The van der Waals surface area contributed by atoms with E-state index in [2.05, 4.69) is 84.9 Å². The molecule has 5 aromatic carbocycles. The summed E-state index contributed by atoms with van der Waals surface area (Å²) in [5.41, 5.74) is 0. The van der Waals surface area contributed by atoms with Crippen molar-refractivity contribution in [2.24, 2.45) is 0 Å². The molecule has 5 aromatic rings. The van der Waals surface area contributed by atoms with Crippen LogP contribution < -0.4 is 46.0 Å². The van der Waals surface area contributed by atoms with Gasteiger partial charge in [0.05, 0.1) is 5.30 Å². The average Bonchev–Trinajstić information content (AvgIpc) is 2.91. The van der Waals surface area contributed by atoms with E-state index >= 15 is 0 Å². The Bertz CT molecular complexity index is 1600. The largest absolute Gasteiger partial charge is 0.456 e. The topological polar surface area (TPSA) is 27.7 Å². The number of para-hydroxylation sites is 3. The first-order chi connectivity index (χ1) is 17.3.